The van der Waals surface area contributed by atoms with Gasteiger partial charge in [0.15, 0.2) is 0 Å². The second kappa shape index (κ2) is 4.51. The van der Waals surface area contributed by atoms with Crippen LogP contribution >= 0.6 is 0 Å². The van der Waals surface area contributed by atoms with E-state index < -0.39 is 34.5 Å². The number of alkyl halides is 3. The normalized spacial score (nSPS) is 23.4. The van der Waals surface area contributed by atoms with Crippen LogP contribution in [0.5, 0.6) is 0 Å². The lowest BCUT2D eigenvalue weighted by Gasteiger charge is -2.33. The van der Waals surface area contributed by atoms with Crippen molar-refractivity contribution in [2.45, 2.75) is 39.4 Å². The minimum absolute atomic E-state index is 0.218. The van der Waals surface area contributed by atoms with Crippen molar-refractivity contribution >= 4 is 11.8 Å². The molecule has 2 amide bonds. The predicted octanol–water partition coefficient (Wildman–Crippen LogP) is 1.38. The molecule has 0 unspecified atom stereocenters. The summed E-state index contributed by atoms with van der Waals surface area (Å²) < 4.78 is 40.1. The number of allylic oxidation sites excluding steroid dienone is 1. The molecule has 0 aromatic rings. The number of carbonyl (C=O) groups is 2. The number of nitriles is 1. The van der Waals surface area contributed by atoms with Gasteiger partial charge in [-0.25, -0.2) is 0 Å². The van der Waals surface area contributed by atoms with E-state index in [4.69, 9.17) is 5.26 Å². The van der Waals surface area contributed by atoms with Gasteiger partial charge in [-0.3, -0.25) is 9.59 Å². The maximum absolute atomic E-state index is 13.4. The molecule has 5 nitrogen and oxygen atoms in total. The van der Waals surface area contributed by atoms with Gasteiger partial charge in [-0.2, -0.15) is 18.4 Å². The number of amides is 2. The highest BCUT2D eigenvalue weighted by molar-refractivity contribution is 6.01. The molecule has 1 rings (SSSR count). The summed E-state index contributed by atoms with van der Waals surface area (Å²) in [7, 11) is 0. The van der Waals surface area contributed by atoms with E-state index in [1.54, 1.807) is 5.32 Å². The lowest BCUT2D eigenvalue weighted by Crippen LogP contribution is -2.66. The van der Waals surface area contributed by atoms with Crippen LogP contribution in [0.15, 0.2) is 11.3 Å². The summed E-state index contributed by atoms with van der Waals surface area (Å²) in [5, 5.41) is 12.6. The quantitative estimate of drug-likeness (QED) is 0.765. The van der Waals surface area contributed by atoms with Crippen LogP contribution in [0.4, 0.5) is 13.2 Å². The molecule has 2 N–H and O–H groups in total. The summed E-state index contributed by atoms with van der Waals surface area (Å²) in [6.45, 7) is 5.39. The number of nitrogens with zero attached hydrogens (tertiary/aromatic N) is 1. The first-order valence-electron chi connectivity index (χ1n) is 5.70. The molecule has 1 atom stereocenters. The van der Waals surface area contributed by atoms with Crippen molar-refractivity contribution < 1.29 is 22.8 Å². The second-order valence-corrected chi connectivity index (χ2v) is 5.52. The van der Waals surface area contributed by atoms with Gasteiger partial charge in [0.05, 0.1) is 11.6 Å². The van der Waals surface area contributed by atoms with Crippen molar-refractivity contribution in [1.82, 2.24) is 10.6 Å². The predicted molar refractivity (Wildman–Crippen MR) is 62.8 cm³/mol. The molecule has 1 aliphatic rings. The van der Waals surface area contributed by atoms with Crippen LogP contribution in [-0.4, -0.2) is 23.5 Å². The molecular weight excluding hydrogens is 275 g/mol. The Morgan fingerprint density at radius 2 is 1.85 bits per heavy atom. The Labute approximate surface area is 113 Å². The van der Waals surface area contributed by atoms with Gasteiger partial charge in [0.25, 0.3) is 11.4 Å². The Morgan fingerprint density at radius 3 is 2.20 bits per heavy atom. The van der Waals surface area contributed by atoms with E-state index in [2.05, 4.69) is 0 Å². The molecule has 0 bridgehead atoms. The fraction of sp³-hybridized carbons (Fsp3) is 0.583. The lowest BCUT2D eigenvalue weighted by atomic mass is 9.87. The third-order valence-electron chi connectivity index (χ3n) is 2.91. The van der Waals surface area contributed by atoms with Crippen LogP contribution in [0.3, 0.4) is 0 Å². The molecule has 20 heavy (non-hydrogen) atoms. The van der Waals surface area contributed by atoms with Crippen molar-refractivity contribution in [2.75, 3.05) is 0 Å². The fourth-order valence-electron chi connectivity index (χ4n) is 1.71. The summed E-state index contributed by atoms with van der Waals surface area (Å²) in [6.07, 6.45) is -5.12. The molecule has 0 radical (unpaired) electrons. The maximum atomic E-state index is 13.4. The van der Waals surface area contributed by atoms with Gasteiger partial charge in [0, 0.05) is 11.1 Å². The molecule has 1 aliphatic heterocycles. The first-order valence-corrected chi connectivity index (χ1v) is 5.70. The van der Waals surface area contributed by atoms with Crippen LogP contribution in [0.2, 0.25) is 0 Å². The lowest BCUT2D eigenvalue weighted by molar-refractivity contribution is -0.190. The molecule has 0 saturated carbocycles. The van der Waals surface area contributed by atoms with Crippen LogP contribution in [0.25, 0.3) is 0 Å². The maximum Gasteiger partial charge on any atom is 0.425 e. The van der Waals surface area contributed by atoms with E-state index in [1.807, 2.05) is 5.32 Å². The van der Waals surface area contributed by atoms with E-state index in [0.29, 0.717) is 0 Å². The first-order chi connectivity index (χ1) is 8.88. The zero-order chi connectivity index (χ0) is 15.9. The second-order valence-electron chi connectivity index (χ2n) is 5.52. The van der Waals surface area contributed by atoms with E-state index in [1.165, 1.54) is 33.8 Å². The van der Waals surface area contributed by atoms with Gasteiger partial charge >= 0.3 is 6.18 Å². The standard InChI is InChI=1S/C12H14F3N3O2/c1-6-7(5-16)11(9(20)17-6,12(13,14)15)18-8(19)10(2,3)4/h1-4H3,(H,17,20)(H,18,19)/t11-/m1/s1. The Morgan fingerprint density at radius 1 is 1.35 bits per heavy atom. The number of hydrogen-bond acceptors (Lipinski definition) is 3. The van der Waals surface area contributed by atoms with E-state index in [9.17, 15) is 22.8 Å². The summed E-state index contributed by atoms with van der Waals surface area (Å²) in [5.74, 6) is -2.45. The molecule has 0 spiro atoms. The van der Waals surface area contributed by atoms with Gasteiger partial charge in [-0.05, 0) is 6.92 Å². The summed E-state index contributed by atoms with van der Waals surface area (Å²) in [6, 6.07) is 1.36. The molecular formula is C12H14F3N3O2. The van der Waals surface area contributed by atoms with Crippen molar-refractivity contribution in [2.24, 2.45) is 5.41 Å². The molecule has 0 aromatic carbocycles. The van der Waals surface area contributed by atoms with Gasteiger partial charge in [-0.15, -0.1) is 0 Å². The molecule has 110 valence electrons. The largest absolute Gasteiger partial charge is 0.425 e. The van der Waals surface area contributed by atoms with Gasteiger partial charge < -0.3 is 10.6 Å². The van der Waals surface area contributed by atoms with Gasteiger partial charge in [0.2, 0.25) is 5.91 Å². The molecule has 0 saturated heterocycles. The van der Waals surface area contributed by atoms with E-state index in [-0.39, 0.29) is 5.70 Å². The van der Waals surface area contributed by atoms with Gasteiger partial charge in [-0.1, -0.05) is 20.8 Å². The molecule has 1 heterocycles. The van der Waals surface area contributed by atoms with Crippen LogP contribution in [0.1, 0.15) is 27.7 Å². The SMILES string of the molecule is CC1=C(C#N)[C@](NC(=O)C(C)(C)C)(C(F)(F)F)C(=O)N1. The number of rotatable bonds is 1. The summed E-state index contributed by atoms with van der Waals surface area (Å²) >= 11 is 0. The number of carbonyl (C=O) groups excluding carboxylic acids is 2. The highest BCUT2D eigenvalue weighted by Crippen LogP contribution is 2.41. The zero-order valence-electron chi connectivity index (χ0n) is 11.4. The third-order valence-corrected chi connectivity index (χ3v) is 2.91. The number of nitrogens with one attached hydrogen (secondary N) is 2. The fourth-order valence-corrected chi connectivity index (χ4v) is 1.71. The monoisotopic (exact) mass is 289 g/mol. The topological polar surface area (TPSA) is 82.0 Å². The molecule has 0 fully saturated rings. The van der Waals surface area contributed by atoms with Crippen LogP contribution in [0, 0.1) is 16.7 Å². The average Bonchev–Trinajstić information content (AvgIpc) is 2.48. The smallest absolute Gasteiger partial charge is 0.330 e. The summed E-state index contributed by atoms with van der Waals surface area (Å²) in [4.78, 5) is 23.6. The van der Waals surface area contributed by atoms with Crippen LogP contribution < -0.4 is 10.6 Å². The Bertz CT molecular complexity index is 538. The number of halogens is 3. The first kappa shape index (κ1) is 16.0. The van der Waals surface area contributed by atoms with Crippen LogP contribution in [-0.2, 0) is 9.59 Å². The van der Waals surface area contributed by atoms with Crippen molar-refractivity contribution in [3.63, 3.8) is 0 Å². The van der Waals surface area contributed by atoms with Crippen molar-refractivity contribution in [3.8, 4) is 6.07 Å². The zero-order valence-corrected chi connectivity index (χ0v) is 11.4. The molecule has 8 heteroatoms. The Hall–Kier alpha value is -2.04. The highest BCUT2D eigenvalue weighted by Gasteiger charge is 2.67. The Kier molecular flexibility index (Phi) is 3.61. The minimum Gasteiger partial charge on any atom is -0.330 e. The molecule has 0 aliphatic carbocycles. The Balaban J connectivity index is 3.45. The molecule has 0 aromatic heterocycles. The average molecular weight is 289 g/mol. The highest BCUT2D eigenvalue weighted by atomic mass is 19.4. The minimum atomic E-state index is -5.12. The van der Waals surface area contributed by atoms with E-state index in [0.717, 1.165) is 0 Å². The third kappa shape index (κ3) is 2.24. The summed E-state index contributed by atoms with van der Waals surface area (Å²) in [5.41, 5.74) is -5.53. The number of hydrogen-bond donors (Lipinski definition) is 2. The van der Waals surface area contributed by atoms with Crippen molar-refractivity contribution in [1.29, 1.82) is 5.26 Å². The van der Waals surface area contributed by atoms with Crippen molar-refractivity contribution in [3.05, 3.63) is 11.3 Å². The van der Waals surface area contributed by atoms with Gasteiger partial charge in [0.1, 0.15) is 0 Å². The van der Waals surface area contributed by atoms with E-state index >= 15 is 0 Å².